The molecule has 0 saturated carbocycles. The highest BCUT2D eigenvalue weighted by atomic mass is 19.4. The van der Waals surface area contributed by atoms with Gasteiger partial charge in [0.2, 0.25) is 0 Å². The zero-order chi connectivity index (χ0) is 16.9. The van der Waals surface area contributed by atoms with Gasteiger partial charge in [0.1, 0.15) is 12.4 Å². The first-order valence-electron chi connectivity index (χ1n) is 6.90. The van der Waals surface area contributed by atoms with Crippen molar-refractivity contribution in [2.24, 2.45) is 0 Å². The molecule has 0 fully saturated rings. The van der Waals surface area contributed by atoms with Gasteiger partial charge in [0.05, 0.1) is 18.4 Å². The van der Waals surface area contributed by atoms with Gasteiger partial charge in [0.25, 0.3) is 5.91 Å². The lowest BCUT2D eigenvalue weighted by Crippen LogP contribution is -2.22. The Balaban J connectivity index is 1.81. The van der Waals surface area contributed by atoms with E-state index < -0.39 is 12.8 Å². The molecule has 23 heavy (non-hydrogen) atoms. The fourth-order valence-corrected chi connectivity index (χ4v) is 1.94. The third-order valence-electron chi connectivity index (χ3n) is 3.11. The Bertz CT molecular complexity index is 647. The lowest BCUT2D eigenvalue weighted by molar-refractivity contribution is -0.176. The summed E-state index contributed by atoms with van der Waals surface area (Å²) < 4.78 is 45.6. The summed E-state index contributed by atoms with van der Waals surface area (Å²) >= 11 is 0. The van der Waals surface area contributed by atoms with Crippen molar-refractivity contribution in [1.29, 1.82) is 0 Å². The van der Waals surface area contributed by atoms with Crippen LogP contribution in [-0.4, -0.2) is 18.7 Å². The number of hydrogen-bond donors (Lipinski definition) is 1. The van der Waals surface area contributed by atoms with E-state index >= 15 is 0 Å². The molecule has 0 aliphatic rings. The molecule has 2 rings (SSSR count). The average molecular weight is 327 g/mol. The third-order valence-corrected chi connectivity index (χ3v) is 3.11. The Hall–Kier alpha value is -2.28. The fourth-order valence-electron chi connectivity index (χ4n) is 1.94. The van der Waals surface area contributed by atoms with Crippen molar-refractivity contribution in [3.63, 3.8) is 0 Å². The summed E-state index contributed by atoms with van der Waals surface area (Å²) in [6.45, 7) is 0.632. The maximum atomic E-state index is 12.0. The molecule has 0 radical (unpaired) electrons. The lowest BCUT2D eigenvalue weighted by Gasteiger charge is -2.08. The Morgan fingerprint density at radius 2 is 1.83 bits per heavy atom. The predicted molar refractivity (Wildman–Crippen MR) is 76.8 cm³/mol. The summed E-state index contributed by atoms with van der Waals surface area (Å²) in [6, 6.07) is 8.39. The van der Waals surface area contributed by atoms with E-state index in [4.69, 9.17) is 4.42 Å². The molecule has 0 aliphatic heterocycles. The van der Waals surface area contributed by atoms with Crippen molar-refractivity contribution in [3.8, 4) is 0 Å². The molecule has 1 amide bonds. The molecule has 1 heterocycles. The van der Waals surface area contributed by atoms with E-state index in [0.717, 1.165) is 5.56 Å². The molecule has 0 unspecified atom stereocenters. The van der Waals surface area contributed by atoms with Crippen molar-refractivity contribution < 1.29 is 27.1 Å². The first-order chi connectivity index (χ1) is 10.8. The number of halogens is 3. The van der Waals surface area contributed by atoms with Gasteiger partial charge in [-0.1, -0.05) is 24.3 Å². The minimum absolute atomic E-state index is 0.111. The summed E-state index contributed by atoms with van der Waals surface area (Å²) in [5.41, 5.74) is 1.94. The molecule has 7 heteroatoms. The SMILES string of the molecule is Cc1occc1C(=O)NCc1ccc(COCC(F)(F)F)cc1. The quantitative estimate of drug-likeness (QED) is 0.882. The summed E-state index contributed by atoms with van der Waals surface area (Å²) in [5, 5.41) is 2.75. The van der Waals surface area contributed by atoms with Crippen molar-refractivity contribution in [2.45, 2.75) is 26.3 Å². The van der Waals surface area contributed by atoms with Gasteiger partial charge >= 0.3 is 6.18 Å². The van der Waals surface area contributed by atoms with Crippen LogP contribution >= 0.6 is 0 Å². The van der Waals surface area contributed by atoms with Crippen molar-refractivity contribution in [3.05, 3.63) is 59.0 Å². The fraction of sp³-hybridized carbons (Fsp3) is 0.312. The number of hydrogen-bond acceptors (Lipinski definition) is 3. The number of benzene rings is 1. The van der Waals surface area contributed by atoms with Crippen LogP contribution in [0.3, 0.4) is 0 Å². The number of ether oxygens (including phenoxy) is 1. The van der Waals surface area contributed by atoms with Crippen LogP contribution in [0.4, 0.5) is 13.2 Å². The molecular weight excluding hydrogens is 311 g/mol. The van der Waals surface area contributed by atoms with Gasteiger partial charge in [-0.05, 0) is 24.1 Å². The van der Waals surface area contributed by atoms with Gasteiger partial charge in [-0.2, -0.15) is 13.2 Å². The van der Waals surface area contributed by atoms with Crippen LogP contribution < -0.4 is 5.32 Å². The highest BCUT2D eigenvalue weighted by molar-refractivity contribution is 5.94. The third kappa shape index (κ3) is 5.45. The second kappa shape index (κ2) is 7.32. The van der Waals surface area contributed by atoms with E-state index in [9.17, 15) is 18.0 Å². The molecule has 1 aromatic carbocycles. The van der Waals surface area contributed by atoms with Crippen LogP contribution in [0.2, 0.25) is 0 Å². The maximum absolute atomic E-state index is 12.0. The number of nitrogens with one attached hydrogen (secondary N) is 1. The molecule has 4 nitrogen and oxygen atoms in total. The van der Waals surface area contributed by atoms with E-state index in [0.29, 0.717) is 23.4 Å². The minimum atomic E-state index is -4.32. The molecule has 124 valence electrons. The number of amides is 1. The number of aryl methyl sites for hydroxylation is 1. The van der Waals surface area contributed by atoms with Crippen LogP contribution in [0.1, 0.15) is 27.2 Å². The summed E-state index contributed by atoms with van der Waals surface area (Å²) in [7, 11) is 0. The average Bonchev–Trinajstić information content (AvgIpc) is 2.91. The van der Waals surface area contributed by atoms with Crippen molar-refractivity contribution >= 4 is 5.91 Å². The predicted octanol–water partition coefficient (Wildman–Crippen LogP) is 3.60. The number of alkyl halides is 3. The summed E-state index contributed by atoms with van der Waals surface area (Å²) in [5.74, 6) is 0.300. The van der Waals surface area contributed by atoms with Gasteiger partial charge < -0.3 is 14.5 Å². The second-order valence-corrected chi connectivity index (χ2v) is 5.00. The topological polar surface area (TPSA) is 51.5 Å². The number of rotatable bonds is 6. The summed E-state index contributed by atoms with van der Waals surface area (Å²) in [6.07, 6.45) is -2.88. The first-order valence-corrected chi connectivity index (χ1v) is 6.90. The van der Waals surface area contributed by atoms with E-state index in [1.165, 1.54) is 6.26 Å². The molecule has 1 N–H and O–H groups in total. The summed E-state index contributed by atoms with van der Waals surface area (Å²) in [4.78, 5) is 11.9. The van der Waals surface area contributed by atoms with E-state index in [1.54, 1.807) is 37.3 Å². The van der Waals surface area contributed by atoms with Gasteiger partial charge in [0, 0.05) is 6.54 Å². The molecule has 1 aromatic heterocycles. The van der Waals surface area contributed by atoms with Gasteiger partial charge in [-0.15, -0.1) is 0 Å². The van der Waals surface area contributed by atoms with Crippen LogP contribution in [0.15, 0.2) is 41.0 Å². The zero-order valence-corrected chi connectivity index (χ0v) is 12.4. The van der Waals surface area contributed by atoms with E-state index in [-0.39, 0.29) is 12.5 Å². The Morgan fingerprint density at radius 1 is 1.17 bits per heavy atom. The highest BCUT2D eigenvalue weighted by Gasteiger charge is 2.27. The normalized spacial score (nSPS) is 11.5. The number of carbonyl (C=O) groups is 1. The van der Waals surface area contributed by atoms with Crippen LogP contribution in [0.5, 0.6) is 0 Å². The molecule has 2 aromatic rings. The van der Waals surface area contributed by atoms with Crippen LogP contribution in [-0.2, 0) is 17.9 Å². The molecule has 0 bridgehead atoms. The van der Waals surface area contributed by atoms with Gasteiger partial charge in [-0.3, -0.25) is 4.79 Å². The standard InChI is InChI=1S/C16H16F3NO3/c1-11-14(6-7-23-11)15(21)20-8-12-2-4-13(5-3-12)9-22-10-16(17,18)19/h2-7H,8-10H2,1H3,(H,20,21). The van der Waals surface area contributed by atoms with Gasteiger partial charge in [-0.25, -0.2) is 0 Å². The Labute approximate surface area is 131 Å². The minimum Gasteiger partial charge on any atom is -0.469 e. The monoisotopic (exact) mass is 327 g/mol. The highest BCUT2D eigenvalue weighted by Crippen LogP contribution is 2.16. The maximum Gasteiger partial charge on any atom is 0.411 e. The smallest absolute Gasteiger partial charge is 0.411 e. The second-order valence-electron chi connectivity index (χ2n) is 5.00. The molecule has 0 spiro atoms. The van der Waals surface area contributed by atoms with Gasteiger partial charge in [0.15, 0.2) is 0 Å². The molecule has 0 atom stereocenters. The number of furan rings is 1. The van der Waals surface area contributed by atoms with Crippen LogP contribution in [0, 0.1) is 6.92 Å². The van der Waals surface area contributed by atoms with Crippen molar-refractivity contribution in [2.75, 3.05) is 6.61 Å². The van der Waals surface area contributed by atoms with Crippen LogP contribution in [0.25, 0.3) is 0 Å². The van der Waals surface area contributed by atoms with E-state index in [2.05, 4.69) is 10.1 Å². The zero-order valence-electron chi connectivity index (χ0n) is 12.4. The van der Waals surface area contributed by atoms with Crippen molar-refractivity contribution in [1.82, 2.24) is 5.32 Å². The van der Waals surface area contributed by atoms with E-state index in [1.807, 2.05) is 0 Å². The largest absolute Gasteiger partial charge is 0.469 e. The Morgan fingerprint density at radius 3 is 2.39 bits per heavy atom. The molecule has 0 saturated heterocycles. The Kier molecular flexibility index (Phi) is 5.44. The molecular formula is C16H16F3NO3. The number of carbonyl (C=O) groups excluding carboxylic acids is 1. The molecule has 0 aliphatic carbocycles. The lowest BCUT2D eigenvalue weighted by atomic mass is 10.1. The first kappa shape index (κ1) is 17.1.